The largest absolute Gasteiger partial charge is 0.326 e. The van der Waals surface area contributed by atoms with Gasteiger partial charge in [-0.2, -0.15) is 0 Å². The third-order valence-corrected chi connectivity index (χ3v) is 4.34. The maximum Gasteiger partial charge on any atom is 0.0252 e. The van der Waals surface area contributed by atoms with Crippen LogP contribution in [0.4, 0.5) is 0 Å². The van der Waals surface area contributed by atoms with E-state index in [-0.39, 0.29) is 0 Å². The molecule has 108 valence electrons. The van der Waals surface area contributed by atoms with Crippen molar-refractivity contribution in [3.8, 4) is 0 Å². The van der Waals surface area contributed by atoms with Crippen molar-refractivity contribution in [3.05, 3.63) is 0 Å². The van der Waals surface area contributed by atoms with Crippen molar-refractivity contribution in [1.29, 1.82) is 0 Å². The summed E-state index contributed by atoms with van der Waals surface area (Å²) < 4.78 is 0. The zero-order valence-corrected chi connectivity index (χ0v) is 13.1. The van der Waals surface area contributed by atoms with Gasteiger partial charge in [0.25, 0.3) is 0 Å². The number of hydrogen-bond donors (Lipinski definition) is 1. The van der Waals surface area contributed by atoms with Crippen LogP contribution in [0.5, 0.6) is 0 Å². The van der Waals surface area contributed by atoms with Crippen LogP contribution in [0.2, 0.25) is 0 Å². The molecule has 1 rings (SSSR count). The van der Waals surface area contributed by atoms with Gasteiger partial charge in [0.2, 0.25) is 0 Å². The highest BCUT2D eigenvalue weighted by Gasteiger charge is 2.35. The molecule has 1 aliphatic carbocycles. The highest BCUT2D eigenvalue weighted by molar-refractivity contribution is 4.92. The van der Waals surface area contributed by atoms with Gasteiger partial charge in [0.1, 0.15) is 0 Å². The lowest BCUT2D eigenvalue weighted by Crippen LogP contribution is -2.53. The zero-order chi connectivity index (χ0) is 13.8. The van der Waals surface area contributed by atoms with Crippen LogP contribution in [0.15, 0.2) is 0 Å². The molecule has 1 aliphatic rings. The second-order valence-corrected chi connectivity index (χ2v) is 6.92. The average molecular weight is 255 g/mol. The Hall–Kier alpha value is -0.120. The van der Waals surface area contributed by atoms with E-state index >= 15 is 0 Å². The number of nitrogens with zero attached hydrogens (tertiary/aromatic N) is 2. The number of likely N-dealkylation sites (N-methyl/N-ethyl adjacent to an activating group) is 1. The Morgan fingerprint density at radius 2 is 1.89 bits per heavy atom. The summed E-state index contributed by atoms with van der Waals surface area (Å²) >= 11 is 0. The molecule has 0 aromatic carbocycles. The Balaban J connectivity index is 2.51. The summed E-state index contributed by atoms with van der Waals surface area (Å²) in [6.45, 7) is 10.5. The molecule has 2 N–H and O–H groups in total. The van der Waals surface area contributed by atoms with Crippen LogP contribution in [0.25, 0.3) is 0 Å². The first-order valence-electron chi connectivity index (χ1n) is 7.50. The van der Waals surface area contributed by atoms with E-state index in [4.69, 9.17) is 5.73 Å². The minimum Gasteiger partial charge on any atom is -0.326 e. The summed E-state index contributed by atoms with van der Waals surface area (Å²) in [5.74, 6) is 0. The van der Waals surface area contributed by atoms with Crippen LogP contribution in [0.1, 0.15) is 46.5 Å². The summed E-state index contributed by atoms with van der Waals surface area (Å²) in [6, 6.07) is 0.957. The molecule has 0 spiro atoms. The van der Waals surface area contributed by atoms with Gasteiger partial charge in [0, 0.05) is 12.1 Å². The van der Waals surface area contributed by atoms with Crippen molar-refractivity contribution in [2.24, 2.45) is 11.1 Å². The Labute approximate surface area is 114 Å². The number of rotatable bonds is 6. The molecule has 0 aromatic heterocycles. The van der Waals surface area contributed by atoms with Crippen LogP contribution < -0.4 is 5.73 Å². The minimum atomic E-state index is 0.373. The molecule has 1 saturated carbocycles. The van der Waals surface area contributed by atoms with Crippen LogP contribution >= 0.6 is 0 Å². The summed E-state index contributed by atoms with van der Waals surface area (Å²) in [6.07, 6.45) is 4.95. The Kier molecular flexibility index (Phi) is 6.09. The van der Waals surface area contributed by atoms with Crippen molar-refractivity contribution < 1.29 is 0 Å². The minimum absolute atomic E-state index is 0.373. The molecule has 0 aromatic rings. The van der Waals surface area contributed by atoms with Crippen LogP contribution in [-0.4, -0.2) is 55.6 Å². The average Bonchev–Trinajstić information content (AvgIpc) is 2.28. The number of nitrogens with two attached hydrogens (primary N) is 1. The second kappa shape index (κ2) is 6.88. The fourth-order valence-corrected chi connectivity index (χ4v) is 3.12. The first-order valence-corrected chi connectivity index (χ1v) is 7.50. The number of hydrogen-bond acceptors (Lipinski definition) is 3. The van der Waals surface area contributed by atoms with E-state index in [0.29, 0.717) is 17.5 Å². The smallest absolute Gasteiger partial charge is 0.0252 e. The molecule has 3 heteroatoms. The van der Waals surface area contributed by atoms with Crippen LogP contribution in [-0.2, 0) is 0 Å². The van der Waals surface area contributed by atoms with Crippen molar-refractivity contribution in [2.45, 2.75) is 58.5 Å². The molecule has 0 saturated heterocycles. The third-order valence-electron chi connectivity index (χ3n) is 4.34. The lowest BCUT2D eigenvalue weighted by molar-refractivity contribution is 0.0791. The quantitative estimate of drug-likeness (QED) is 0.789. The summed E-state index contributed by atoms with van der Waals surface area (Å²) in [7, 11) is 4.29. The van der Waals surface area contributed by atoms with E-state index in [2.05, 4.69) is 44.7 Å². The highest BCUT2D eigenvalue weighted by atomic mass is 15.2. The van der Waals surface area contributed by atoms with Gasteiger partial charge in [0.15, 0.2) is 0 Å². The van der Waals surface area contributed by atoms with Gasteiger partial charge in [-0.1, -0.05) is 20.8 Å². The maximum atomic E-state index is 6.36. The standard InChI is InChI=1S/C15H33N3/c1-6-18(11-7-10-17(4)5)14-12-15(2,3)9-8-13(14)16/h13-14H,6-12,16H2,1-5H3. The first kappa shape index (κ1) is 15.9. The van der Waals surface area contributed by atoms with Gasteiger partial charge in [0.05, 0.1) is 0 Å². The molecule has 0 bridgehead atoms. The molecular weight excluding hydrogens is 222 g/mol. The van der Waals surface area contributed by atoms with Gasteiger partial charge < -0.3 is 10.6 Å². The first-order chi connectivity index (χ1) is 8.35. The van der Waals surface area contributed by atoms with Crippen molar-refractivity contribution >= 4 is 0 Å². The highest BCUT2D eigenvalue weighted by Crippen LogP contribution is 2.36. The predicted molar refractivity (Wildman–Crippen MR) is 79.8 cm³/mol. The summed E-state index contributed by atoms with van der Waals surface area (Å²) in [4.78, 5) is 4.87. The zero-order valence-electron chi connectivity index (χ0n) is 13.1. The van der Waals surface area contributed by atoms with E-state index in [9.17, 15) is 0 Å². The molecule has 18 heavy (non-hydrogen) atoms. The molecular formula is C15H33N3. The second-order valence-electron chi connectivity index (χ2n) is 6.92. The van der Waals surface area contributed by atoms with Gasteiger partial charge in [-0.3, -0.25) is 4.90 Å². The maximum absolute atomic E-state index is 6.36. The van der Waals surface area contributed by atoms with Gasteiger partial charge in [-0.25, -0.2) is 0 Å². The predicted octanol–water partition coefficient (Wildman–Crippen LogP) is 2.17. The van der Waals surface area contributed by atoms with Crippen molar-refractivity contribution in [3.63, 3.8) is 0 Å². The van der Waals surface area contributed by atoms with Gasteiger partial charge >= 0.3 is 0 Å². The van der Waals surface area contributed by atoms with Crippen LogP contribution in [0.3, 0.4) is 0 Å². The van der Waals surface area contributed by atoms with Crippen molar-refractivity contribution in [1.82, 2.24) is 9.80 Å². The van der Waals surface area contributed by atoms with E-state index in [1.807, 2.05) is 0 Å². The molecule has 1 fully saturated rings. The molecule has 0 radical (unpaired) electrons. The van der Waals surface area contributed by atoms with Gasteiger partial charge in [-0.05, 0) is 64.8 Å². The normalized spacial score (nSPS) is 28.0. The SMILES string of the molecule is CCN(CCCN(C)C)C1CC(C)(C)CCC1N. The van der Waals surface area contributed by atoms with Gasteiger partial charge in [-0.15, -0.1) is 0 Å². The molecule has 3 nitrogen and oxygen atoms in total. The Morgan fingerprint density at radius 3 is 2.44 bits per heavy atom. The van der Waals surface area contributed by atoms with E-state index in [1.54, 1.807) is 0 Å². The lowest BCUT2D eigenvalue weighted by Gasteiger charge is -2.44. The summed E-state index contributed by atoms with van der Waals surface area (Å²) in [5, 5.41) is 0. The van der Waals surface area contributed by atoms with E-state index < -0.39 is 0 Å². The third kappa shape index (κ3) is 4.87. The van der Waals surface area contributed by atoms with Crippen LogP contribution in [0, 0.1) is 5.41 Å². The monoisotopic (exact) mass is 255 g/mol. The van der Waals surface area contributed by atoms with E-state index in [1.165, 1.54) is 38.8 Å². The molecule has 2 unspecified atom stereocenters. The fourth-order valence-electron chi connectivity index (χ4n) is 3.12. The fraction of sp³-hybridized carbons (Fsp3) is 1.00. The molecule has 0 aliphatic heterocycles. The topological polar surface area (TPSA) is 32.5 Å². The molecule has 0 amide bonds. The molecule has 0 heterocycles. The Bertz CT molecular complexity index is 238. The Morgan fingerprint density at radius 1 is 1.22 bits per heavy atom. The lowest BCUT2D eigenvalue weighted by atomic mass is 9.72. The van der Waals surface area contributed by atoms with E-state index in [0.717, 1.165) is 6.54 Å². The van der Waals surface area contributed by atoms with Crippen molar-refractivity contribution in [2.75, 3.05) is 33.7 Å². The molecule has 2 atom stereocenters. The summed E-state index contributed by atoms with van der Waals surface area (Å²) in [5.41, 5.74) is 6.82.